The average Bonchev–Trinajstić information content (AvgIpc) is 2.15. The van der Waals surface area contributed by atoms with Gasteiger partial charge in [-0.1, -0.05) is 6.58 Å². The van der Waals surface area contributed by atoms with Gasteiger partial charge in [0, 0.05) is 17.4 Å². The van der Waals surface area contributed by atoms with E-state index in [2.05, 4.69) is 16.5 Å². The van der Waals surface area contributed by atoms with Crippen LogP contribution in [0.1, 0.15) is 18.2 Å². The zero-order valence-corrected chi connectivity index (χ0v) is 9.45. The summed E-state index contributed by atoms with van der Waals surface area (Å²) < 4.78 is 48.7. The standard InChI is InChI=1S/C9H9F3N2OS/c1-5(2)7-6(9(10,11)12)4-13-8(14-7)16(3)15/h4H,1H2,2-3H3. The summed E-state index contributed by atoms with van der Waals surface area (Å²) in [5.41, 5.74) is -1.12. The van der Waals surface area contributed by atoms with Crippen molar-refractivity contribution in [3.8, 4) is 0 Å². The van der Waals surface area contributed by atoms with E-state index >= 15 is 0 Å². The molecular formula is C9H9F3N2OS. The van der Waals surface area contributed by atoms with Gasteiger partial charge in [0.1, 0.15) is 11.8 Å². The van der Waals surface area contributed by atoms with Gasteiger partial charge in [-0.15, -0.1) is 0 Å². The van der Waals surface area contributed by atoms with Crippen LogP contribution in [0.2, 0.25) is 0 Å². The second-order valence-corrected chi connectivity index (χ2v) is 4.42. The molecule has 0 bridgehead atoms. The molecular weight excluding hydrogens is 241 g/mol. The lowest BCUT2D eigenvalue weighted by Gasteiger charge is -2.12. The number of halogens is 3. The normalized spacial score (nSPS) is 13.6. The van der Waals surface area contributed by atoms with Crippen molar-refractivity contribution in [1.82, 2.24) is 9.97 Å². The third kappa shape index (κ3) is 2.73. The van der Waals surface area contributed by atoms with Gasteiger partial charge in [-0.05, 0) is 12.5 Å². The molecule has 0 amide bonds. The molecule has 0 fully saturated rings. The Bertz CT molecular complexity index is 418. The number of aromatic nitrogens is 2. The van der Waals surface area contributed by atoms with E-state index in [-0.39, 0.29) is 16.4 Å². The van der Waals surface area contributed by atoms with Crippen LogP contribution in [0.3, 0.4) is 0 Å². The van der Waals surface area contributed by atoms with E-state index in [4.69, 9.17) is 0 Å². The van der Waals surface area contributed by atoms with Crippen LogP contribution in [0.4, 0.5) is 13.2 Å². The van der Waals surface area contributed by atoms with E-state index in [1.54, 1.807) is 0 Å². The van der Waals surface area contributed by atoms with Crippen molar-refractivity contribution in [2.45, 2.75) is 18.3 Å². The van der Waals surface area contributed by atoms with Gasteiger partial charge in [0.2, 0.25) is 0 Å². The van der Waals surface area contributed by atoms with Gasteiger partial charge >= 0.3 is 11.3 Å². The molecule has 1 aromatic heterocycles. The Hall–Kier alpha value is -1.08. The minimum atomic E-state index is -4.54. The van der Waals surface area contributed by atoms with E-state index in [1.807, 2.05) is 0 Å². The van der Waals surface area contributed by atoms with Gasteiger partial charge in [-0.2, -0.15) is 23.1 Å². The molecule has 3 nitrogen and oxygen atoms in total. The maximum absolute atomic E-state index is 12.5. The molecule has 0 aromatic carbocycles. The molecule has 1 unspecified atom stereocenters. The first-order chi connectivity index (χ1) is 7.23. The molecule has 1 atom stereocenters. The molecule has 1 aromatic rings. The van der Waals surface area contributed by atoms with Crippen molar-refractivity contribution < 1.29 is 17.7 Å². The fourth-order valence-corrected chi connectivity index (χ4v) is 1.46. The Morgan fingerprint density at radius 2 is 2.06 bits per heavy atom. The smallest absolute Gasteiger partial charge is 0.419 e. The summed E-state index contributed by atoms with van der Waals surface area (Å²) in [5, 5.41) is -0.133. The second-order valence-electron chi connectivity index (χ2n) is 3.15. The molecule has 0 radical (unpaired) electrons. The van der Waals surface area contributed by atoms with Crippen LogP contribution in [0.15, 0.2) is 17.9 Å². The number of allylic oxidation sites excluding steroid dienone is 1. The molecule has 0 spiro atoms. The van der Waals surface area contributed by atoms with Crippen LogP contribution in [0.25, 0.3) is 5.57 Å². The number of nitrogens with zero attached hydrogens (tertiary/aromatic N) is 2. The molecule has 0 aliphatic rings. The summed E-state index contributed by atoms with van der Waals surface area (Å²) in [4.78, 5) is 7.02. The summed E-state index contributed by atoms with van der Waals surface area (Å²) in [6, 6.07) is 0. The Morgan fingerprint density at radius 3 is 2.44 bits per heavy atom. The summed E-state index contributed by atoms with van der Waals surface area (Å²) in [6.45, 7) is 4.81. The van der Waals surface area contributed by atoms with Crippen LogP contribution in [-0.2, 0) is 17.4 Å². The van der Waals surface area contributed by atoms with Crippen LogP contribution in [-0.4, -0.2) is 20.8 Å². The van der Waals surface area contributed by atoms with Crippen molar-refractivity contribution in [2.75, 3.05) is 6.26 Å². The van der Waals surface area contributed by atoms with Crippen LogP contribution >= 0.6 is 0 Å². The molecule has 0 aliphatic heterocycles. The first-order valence-electron chi connectivity index (χ1n) is 4.17. The van der Waals surface area contributed by atoms with Gasteiger partial charge in [0.25, 0.3) is 0 Å². The quantitative estimate of drug-likeness (QED) is 0.597. The Balaban J connectivity index is 3.37. The molecule has 0 saturated heterocycles. The lowest BCUT2D eigenvalue weighted by Crippen LogP contribution is -2.14. The maximum atomic E-state index is 12.5. The fourth-order valence-electron chi connectivity index (χ4n) is 1.04. The number of rotatable bonds is 2. The highest BCUT2D eigenvalue weighted by atomic mass is 32.2. The van der Waals surface area contributed by atoms with Crippen molar-refractivity contribution in [3.63, 3.8) is 0 Å². The molecule has 7 heteroatoms. The maximum Gasteiger partial charge on any atom is 0.419 e. The first-order valence-corrected chi connectivity index (χ1v) is 5.73. The predicted molar refractivity (Wildman–Crippen MR) is 54.1 cm³/mol. The van der Waals surface area contributed by atoms with E-state index in [0.29, 0.717) is 6.20 Å². The van der Waals surface area contributed by atoms with Gasteiger partial charge in [-0.25, -0.2) is 0 Å². The number of hydrogen-bond acceptors (Lipinski definition) is 3. The van der Waals surface area contributed by atoms with Gasteiger partial charge in [0.15, 0.2) is 0 Å². The lowest BCUT2D eigenvalue weighted by atomic mass is 10.1. The highest BCUT2D eigenvalue weighted by Gasteiger charge is 2.35. The predicted octanol–water partition coefficient (Wildman–Crippen LogP) is 2.27. The Morgan fingerprint density at radius 1 is 1.50 bits per heavy atom. The van der Waals surface area contributed by atoms with Crippen molar-refractivity contribution in [1.29, 1.82) is 0 Å². The van der Waals surface area contributed by atoms with Crippen molar-refractivity contribution >= 4 is 16.7 Å². The van der Waals surface area contributed by atoms with Crippen LogP contribution in [0, 0.1) is 0 Å². The zero-order valence-electron chi connectivity index (χ0n) is 8.63. The van der Waals surface area contributed by atoms with Crippen LogP contribution in [0.5, 0.6) is 0 Å². The van der Waals surface area contributed by atoms with E-state index < -0.39 is 22.9 Å². The SMILES string of the molecule is C=C(C)c1nc([S+](C)[O-])ncc1C(F)(F)F. The molecule has 1 rings (SSSR count). The second kappa shape index (κ2) is 4.42. The highest BCUT2D eigenvalue weighted by Crippen LogP contribution is 2.33. The summed E-state index contributed by atoms with van der Waals surface area (Å²) in [7, 11) is 0. The van der Waals surface area contributed by atoms with E-state index in [9.17, 15) is 17.7 Å². The minimum absolute atomic E-state index is 0.133. The van der Waals surface area contributed by atoms with Gasteiger partial charge in [0.05, 0.1) is 5.69 Å². The number of hydrogen-bond donors (Lipinski definition) is 0. The summed E-state index contributed by atoms with van der Waals surface area (Å²) in [6.07, 6.45) is -2.61. The van der Waals surface area contributed by atoms with E-state index in [0.717, 1.165) is 0 Å². The number of alkyl halides is 3. The first kappa shape index (κ1) is 13.0. The molecule has 0 saturated carbocycles. The lowest BCUT2D eigenvalue weighted by molar-refractivity contribution is -0.138. The van der Waals surface area contributed by atoms with Gasteiger partial charge < -0.3 is 4.55 Å². The Labute approximate surface area is 93.6 Å². The van der Waals surface area contributed by atoms with Crippen molar-refractivity contribution in [2.24, 2.45) is 0 Å². The van der Waals surface area contributed by atoms with E-state index in [1.165, 1.54) is 13.2 Å². The average molecular weight is 250 g/mol. The zero-order chi connectivity index (χ0) is 12.5. The largest absolute Gasteiger partial charge is 0.609 e. The van der Waals surface area contributed by atoms with Gasteiger partial charge in [-0.3, -0.25) is 0 Å². The topological polar surface area (TPSA) is 48.8 Å². The molecule has 0 aliphatic carbocycles. The monoisotopic (exact) mass is 250 g/mol. The third-order valence-corrected chi connectivity index (χ3v) is 2.44. The Kier molecular flexibility index (Phi) is 3.59. The van der Waals surface area contributed by atoms with Crippen molar-refractivity contribution in [3.05, 3.63) is 24.0 Å². The fraction of sp³-hybridized carbons (Fsp3) is 0.333. The summed E-state index contributed by atoms with van der Waals surface area (Å²) >= 11 is -1.52. The molecule has 16 heavy (non-hydrogen) atoms. The molecule has 88 valence electrons. The summed E-state index contributed by atoms with van der Waals surface area (Å²) in [5.74, 6) is 0. The molecule has 1 heterocycles. The molecule has 0 N–H and O–H groups in total. The highest BCUT2D eigenvalue weighted by molar-refractivity contribution is 7.90. The van der Waals surface area contributed by atoms with Crippen LogP contribution < -0.4 is 0 Å². The minimum Gasteiger partial charge on any atom is -0.609 e. The third-order valence-electron chi connectivity index (χ3n) is 1.73.